The largest absolute Gasteiger partial charge is 0.493 e. The maximum atomic E-state index is 13.1. The van der Waals surface area contributed by atoms with E-state index in [0.717, 1.165) is 26.4 Å². The van der Waals surface area contributed by atoms with Crippen LogP contribution in [-0.4, -0.2) is 43.0 Å². The number of carbonyl (C=O) groups excluding carboxylic acids is 2. The van der Waals surface area contributed by atoms with Crippen molar-refractivity contribution in [2.75, 3.05) is 21.3 Å². The lowest BCUT2D eigenvalue weighted by Gasteiger charge is -2.13. The number of pyridine rings is 1. The number of Topliss-reactive ketones (excluding diaryl/α,β-unsaturated/α-hetero) is 1. The molecular formula is C25H22N2O5S. The first kappa shape index (κ1) is 22.4. The van der Waals surface area contributed by atoms with Crippen molar-refractivity contribution in [1.29, 1.82) is 0 Å². The number of carbonyl (C=O) groups is 2. The summed E-state index contributed by atoms with van der Waals surface area (Å²) in [5.41, 5.74) is 3.91. The summed E-state index contributed by atoms with van der Waals surface area (Å²) in [6, 6.07) is 10.6. The van der Waals surface area contributed by atoms with Gasteiger partial charge in [0.05, 0.1) is 37.1 Å². The summed E-state index contributed by atoms with van der Waals surface area (Å²) in [4.78, 5) is 34.2. The van der Waals surface area contributed by atoms with E-state index in [-0.39, 0.29) is 12.2 Å². The highest BCUT2D eigenvalue weighted by molar-refractivity contribution is 7.21. The highest BCUT2D eigenvalue weighted by Crippen LogP contribution is 2.33. The first-order chi connectivity index (χ1) is 15.9. The minimum Gasteiger partial charge on any atom is -0.493 e. The molecule has 0 aliphatic rings. The van der Waals surface area contributed by atoms with Crippen molar-refractivity contribution in [2.45, 2.75) is 13.3 Å². The number of aryl methyl sites for hydroxylation is 1. The maximum Gasteiger partial charge on any atom is 0.337 e. The first-order valence-corrected chi connectivity index (χ1v) is 10.9. The molecule has 8 heteroatoms. The summed E-state index contributed by atoms with van der Waals surface area (Å²) in [6.45, 7) is 1.86. The molecule has 2 aromatic heterocycles. The number of nitrogens with zero attached hydrogens (tertiary/aromatic N) is 2. The van der Waals surface area contributed by atoms with Crippen molar-refractivity contribution in [3.05, 3.63) is 71.0 Å². The van der Waals surface area contributed by atoms with Crippen molar-refractivity contribution in [3.63, 3.8) is 0 Å². The Morgan fingerprint density at radius 2 is 1.82 bits per heavy atom. The van der Waals surface area contributed by atoms with Crippen molar-refractivity contribution >= 4 is 33.3 Å². The molecule has 0 aliphatic carbocycles. The second kappa shape index (κ2) is 9.38. The number of thiazole rings is 1. The normalized spacial score (nSPS) is 10.8. The molecule has 0 radical (unpaired) electrons. The molecule has 2 aromatic carbocycles. The van der Waals surface area contributed by atoms with Crippen LogP contribution in [-0.2, 0) is 11.2 Å². The molecule has 0 bridgehead atoms. The molecule has 0 atom stereocenters. The second-order valence-electron chi connectivity index (χ2n) is 7.40. The Hall–Kier alpha value is -3.78. The average molecular weight is 463 g/mol. The van der Waals surface area contributed by atoms with Crippen LogP contribution in [0.2, 0.25) is 0 Å². The fourth-order valence-corrected chi connectivity index (χ4v) is 4.58. The van der Waals surface area contributed by atoms with Gasteiger partial charge in [-0.15, -0.1) is 11.3 Å². The SMILES string of the molecule is COC(=O)c1cc(CC(=O)c2cc(C)c(OC)c(OC)c2)cc(-c2nc3ccncc3s2)c1. The van der Waals surface area contributed by atoms with Gasteiger partial charge in [0, 0.05) is 29.9 Å². The van der Waals surface area contributed by atoms with Gasteiger partial charge in [-0.05, 0) is 54.4 Å². The van der Waals surface area contributed by atoms with Crippen LogP contribution >= 0.6 is 11.3 Å². The van der Waals surface area contributed by atoms with E-state index < -0.39 is 5.97 Å². The zero-order valence-corrected chi connectivity index (χ0v) is 19.5. The Balaban J connectivity index is 1.73. The van der Waals surface area contributed by atoms with E-state index in [9.17, 15) is 9.59 Å². The number of hydrogen-bond acceptors (Lipinski definition) is 8. The zero-order valence-electron chi connectivity index (χ0n) is 18.7. The molecule has 4 aromatic rings. The maximum absolute atomic E-state index is 13.1. The Kier molecular flexibility index (Phi) is 6.37. The van der Waals surface area contributed by atoms with Crippen LogP contribution < -0.4 is 9.47 Å². The standard InChI is InChI=1S/C25H22N2O5S/c1-14-7-16(12-21(30-2)23(14)31-3)20(28)10-15-8-17(11-18(9-15)25(29)32-4)24-27-19-5-6-26-13-22(19)33-24/h5-9,11-13H,10H2,1-4H3. The highest BCUT2D eigenvalue weighted by atomic mass is 32.1. The number of benzene rings is 2. The van der Waals surface area contributed by atoms with Gasteiger partial charge in [0.2, 0.25) is 0 Å². The molecule has 0 fully saturated rings. The number of aromatic nitrogens is 2. The lowest BCUT2D eigenvalue weighted by molar-refractivity contribution is 0.0600. The molecule has 0 saturated carbocycles. The summed E-state index contributed by atoms with van der Waals surface area (Å²) in [6.07, 6.45) is 3.54. The van der Waals surface area contributed by atoms with Gasteiger partial charge in [-0.1, -0.05) is 0 Å². The number of rotatable bonds is 7. The van der Waals surface area contributed by atoms with E-state index in [0.29, 0.717) is 28.2 Å². The second-order valence-corrected chi connectivity index (χ2v) is 8.43. The van der Waals surface area contributed by atoms with E-state index in [1.807, 2.05) is 19.1 Å². The number of hydrogen-bond donors (Lipinski definition) is 0. The van der Waals surface area contributed by atoms with Gasteiger partial charge < -0.3 is 14.2 Å². The minimum absolute atomic E-state index is 0.0964. The summed E-state index contributed by atoms with van der Waals surface area (Å²) in [7, 11) is 4.42. The fraction of sp³-hybridized carbons (Fsp3) is 0.200. The molecule has 4 rings (SSSR count). The lowest BCUT2D eigenvalue weighted by atomic mass is 9.97. The Labute approximate surface area is 195 Å². The monoisotopic (exact) mass is 462 g/mol. The van der Waals surface area contributed by atoms with E-state index in [2.05, 4.69) is 9.97 Å². The van der Waals surface area contributed by atoms with Gasteiger partial charge in [-0.2, -0.15) is 0 Å². The molecular weight excluding hydrogens is 440 g/mol. The number of ether oxygens (including phenoxy) is 3. The van der Waals surface area contributed by atoms with E-state index >= 15 is 0 Å². The van der Waals surface area contributed by atoms with E-state index in [1.165, 1.54) is 25.6 Å². The van der Waals surface area contributed by atoms with Crippen LogP contribution in [0, 0.1) is 6.92 Å². The van der Waals surface area contributed by atoms with Crippen LogP contribution in [0.25, 0.3) is 20.8 Å². The number of fused-ring (bicyclic) bond motifs is 1. The summed E-state index contributed by atoms with van der Waals surface area (Å²) >= 11 is 1.47. The van der Waals surface area contributed by atoms with Gasteiger partial charge in [0.1, 0.15) is 5.01 Å². The Bertz CT molecular complexity index is 1330. The van der Waals surface area contributed by atoms with Crippen LogP contribution in [0.3, 0.4) is 0 Å². The molecule has 168 valence electrons. The van der Waals surface area contributed by atoms with Crippen LogP contribution in [0.5, 0.6) is 11.5 Å². The van der Waals surface area contributed by atoms with Crippen molar-refractivity contribution in [3.8, 4) is 22.1 Å². The molecule has 0 unspecified atom stereocenters. The van der Waals surface area contributed by atoms with Gasteiger partial charge >= 0.3 is 5.97 Å². The third-order valence-electron chi connectivity index (χ3n) is 5.20. The smallest absolute Gasteiger partial charge is 0.337 e. The lowest BCUT2D eigenvalue weighted by Crippen LogP contribution is -2.08. The van der Waals surface area contributed by atoms with E-state index in [4.69, 9.17) is 14.2 Å². The van der Waals surface area contributed by atoms with Crippen LogP contribution in [0.15, 0.2) is 48.8 Å². The van der Waals surface area contributed by atoms with Gasteiger partial charge in [-0.25, -0.2) is 9.78 Å². The van der Waals surface area contributed by atoms with Crippen molar-refractivity contribution in [1.82, 2.24) is 9.97 Å². The zero-order chi connectivity index (χ0) is 23.5. The van der Waals surface area contributed by atoms with E-state index in [1.54, 1.807) is 43.8 Å². The average Bonchev–Trinajstić information content (AvgIpc) is 3.27. The van der Waals surface area contributed by atoms with Gasteiger partial charge in [0.15, 0.2) is 17.3 Å². The molecule has 33 heavy (non-hydrogen) atoms. The predicted molar refractivity (Wildman–Crippen MR) is 127 cm³/mol. The van der Waals surface area contributed by atoms with Crippen molar-refractivity contribution in [2.24, 2.45) is 0 Å². The summed E-state index contributed by atoms with van der Waals surface area (Å²) in [5.74, 6) is 0.498. The molecule has 0 spiro atoms. The Morgan fingerprint density at radius 3 is 2.52 bits per heavy atom. The fourth-order valence-electron chi connectivity index (χ4n) is 3.66. The molecule has 0 saturated heterocycles. The van der Waals surface area contributed by atoms with Gasteiger partial charge in [-0.3, -0.25) is 9.78 Å². The highest BCUT2D eigenvalue weighted by Gasteiger charge is 2.18. The van der Waals surface area contributed by atoms with Gasteiger partial charge in [0.25, 0.3) is 0 Å². The predicted octanol–water partition coefficient (Wildman–Crippen LogP) is 4.90. The quantitative estimate of drug-likeness (QED) is 0.285. The van der Waals surface area contributed by atoms with Crippen LogP contribution in [0.1, 0.15) is 31.8 Å². The summed E-state index contributed by atoms with van der Waals surface area (Å²) in [5, 5.41) is 0.736. The minimum atomic E-state index is -0.477. The summed E-state index contributed by atoms with van der Waals surface area (Å²) < 4.78 is 16.6. The molecule has 0 amide bonds. The van der Waals surface area contributed by atoms with Crippen molar-refractivity contribution < 1.29 is 23.8 Å². The molecule has 0 N–H and O–H groups in total. The number of methoxy groups -OCH3 is 3. The third-order valence-corrected chi connectivity index (χ3v) is 6.26. The topological polar surface area (TPSA) is 87.6 Å². The number of ketones is 1. The molecule has 0 aliphatic heterocycles. The Morgan fingerprint density at radius 1 is 1.00 bits per heavy atom. The molecule has 2 heterocycles. The third kappa shape index (κ3) is 4.56. The number of esters is 1. The first-order valence-electron chi connectivity index (χ1n) is 10.1. The van der Waals surface area contributed by atoms with Crippen LogP contribution in [0.4, 0.5) is 0 Å². The molecule has 7 nitrogen and oxygen atoms in total.